The van der Waals surface area contributed by atoms with Gasteiger partial charge < -0.3 is 4.74 Å². The number of hydrogen-bond acceptors (Lipinski definition) is 2. The van der Waals surface area contributed by atoms with Crippen molar-refractivity contribution >= 4 is 0 Å². The summed E-state index contributed by atoms with van der Waals surface area (Å²) in [6, 6.07) is 10.4. The first-order chi connectivity index (χ1) is 9.55. The number of nitrogens with zero attached hydrogens (tertiary/aromatic N) is 1. The van der Waals surface area contributed by atoms with Gasteiger partial charge in [0, 0.05) is 6.61 Å². The highest BCUT2D eigenvalue weighted by Gasteiger charge is 2.33. The Morgan fingerprint density at radius 3 is 2.60 bits per heavy atom. The summed E-state index contributed by atoms with van der Waals surface area (Å²) in [6.45, 7) is 7.51. The zero-order chi connectivity index (χ0) is 14.6. The van der Waals surface area contributed by atoms with E-state index in [0.29, 0.717) is 11.8 Å². The van der Waals surface area contributed by atoms with Gasteiger partial charge in [0.05, 0.1) is 17.2 Å². The lowest BCUT2D eigenvalue weighted by Gasteiger charge is -2.39. The molecule has 0 aliphatic carbocycles. The first-order valence-corrected chi connectivity index (χ1v) is 7.70. The van der Waals surface area contributed by atoms with Gasteiger partial charge in [-0.05, 0) is 62.6 Å². The fourth-order valence-electron chi connectivity index (χ4n) is 3.41. The van der Waals surface area contributed by atoms with Crippen molar-refractivity contribution in [3.05, 3.63) is 35.4 Å². The van der Waals surface area contributed by atoms with Crippen molar-refractivity contribution in [1.29, 1.82) is 5.26 Å². The highest BCUT2D eigenvalue weighted by Crippen LogP contribution is 2.40. The molecule has 2 rings (SSSR count). The second kappa shape index (κ2) is 6.41. The van der Waals surface area contributed by atoms with E-state index >= 15 is 0 Å². The number of rotatable bonds is 4. The maximum atomic E-state index is 8.92. The lowest BCUT2D eigenvalue weighted by atomic mass is 9.74. The Hall–Kier alpha value is -1.33. The second-order valence-electron chi connectivity index (χ2n) is 6.49. The summed E-state index contributed by atoms with van der Waals surface area (Å²) in [4.78, 5) is 0. The van der Waals surface area contributed by atoms with E-state index in [-0.39, 0.29) is 5.60 Å². The second-order valence-corrected chi connectivity index (χ2v) is 6.49. The molecule has 0 spiro atoms. The van der Waals surface area contributed by atoms with Crippen LogP contribution in [0.25, 0.3) is 0 Å². The van der Waals surface area contributed by atoms with Gasteiger partial charge in [-0.25, -0.2) is 0 Å². The van der Waals surface area contributed by atoms with E-state index in [2.05, 4.69) is 39.0 Å². The normalized spacial score (nSPS) is 23.0. The number of hydrogen-bond donors (Lipinski definition) is 0. The van der Waals surface area contributed by atoms with E-state index in [0.717, 1.165) is 25.0 Å². The van der Waals surface area contributed by atoms with Crippen LogP contribution in [0, 0.1) is 17.2 Å². The zero-order valence-electron chi connectivity index (χ0n) is 12.9. The molecular weight excluding hydrogens is 246 g/mol. The van der Waals surface area contributed by atoms with Crippen molar-refractivity contribution in [3.63, 3.8) is 0 Å². The van der Waals surface area contributed by atoms with Crippen molar-refractivity contribution in [3.8, 4) is 6.07 Å². The van der Waals surface area contributed by atoms with Gasteiger partial charge in [-0.2, -0.15) is 5.26 Å². The summed E-state index contributed by atoms with van der Waals surface area (Å²) >= 11 is 0. The maximum absolute atomic E-state index is 8.92. The van der Waals surface area contributed by atoms with Gasteiger partial charge in [-0.3, -0.25) is 0 Å². The minimum atomic E-state index is 0.00149. The van der Waals surface area contributed by atoms with Gasteiger partial charge in [0.25, 0.3) is 0 Å². The summed E-state index contributed by atoms with van der Waals surface area (Å²) in [5, 5.41) is 8.92. The Kier molecular flexibility index (Phi) is 4.83. The molecule has 2 atom stereocenters. The molecule has 2 unspecified atom stereocenters. The van der Waals surface area contributed by atoms with Crippen LogP contribution in [0.5, 0.6) is 0 Å². The molecule has 2 heteroatoms. The van der Waals surface area contributed by atoms with Crippen LogP contribution < -0.4 is 0 Å². The third-order valence-corrected chi connectivity index (χ3v) is 4.37. The molecule has 0 aromatic heterocycles. The SMILES string of the molecule is CCCC(c1ccc(C#N)cc1)C1CCOC(C)(C)C1. The molecule has 0 amide bonds. The Bertz CT molecular complexity index is 469. The molecule has 1 saturated heterocycles. The van der Waals surface area contributed by atoms with Crippen LogP contribution in [-0.2, 0) is 4.74 Å². The molecular formula is C18H25NO. The van der Waals surface area contributed by atoms with Crippen molar-refractivity contribution < 1.29 is 4.74 Å². The quantitative estimate of drug-likeness (QED) is 0.798. The summed E-state index contributed by atoms with van der Waals surface area (Å²) in [5.41, 5.74) is 2.13. The molecule has 1 fully saturated rings. The molecule has 1 aromatic rings. The van der Waals surface area contributed by atoms with Crippen LogP contribution >= 0.6 is 0 Å². The standard InChI is InChI=1S/C18H25NO/c1-4-5-17(15-8-6-14(13-19)7-9-15)16-10-11-20-18(2,3)12-16/h6-9,16-17H,4-5,10-12H2,1-3H3. The smallest absolute Gasteiger partial charge is 0.0991 e. The van der Waals surface area contributed by atoms with E-state index in [4.69, 9.17) is 10.00 Å². The lowest BCUT2D eigenvalue weighted by Crippen LogP contribution is -2.36. The van der Waals surface area contributed by atoms with Crippen LogP contribution in [0.2, 0.25) is 0 Å². The van der Waals surface area contributed by atoms with Crippen molar-refractivity contribution in [2.45, 2.75) is 58.0 Å². The minimum absolute atomic E-state index is 0.00149. The fourth-order valence-corrected chi connectivity index (χ4v) is 3.41. The van der Waals surface area contributed by atoms with E-state index in [1.165, 1.54) is 18.4 Å². The Morgan fingerprint density at radius 2 is 2.05 bits per heavy atom. The van der Waals surface area contributed by atoms with Gasteiger partial charge >= 0.3 is 0 Å². The topological polar surface area (TPSA) is 33.0 Å². The summed E-state index contributed by atoms with van der Waals surface area (Å²) in [7, 11) is 0. The predicted octanol–water partition coefficient (Wildman–Crippen LogP) is 4.65. The highest BCUT2D eigenvalue weighted by molar-refractivity contribution is 5.33. The lowest BCUT2D eigenvalue weighted by molar-refractivity contribution is -0.0772. The molecule has 20 heavy (non-hydrogen) atoms. The molecule has 1 aliphatic rings. The Labute approximate surface area is 122 Å². The molecule has 0 saturated carbocycles. The highest BCUT2D eigenvalue weighted by atomic mass is 16.5. The molecule has 1 aromatic carbocycles. The average molecular weight is 271 g/mol. The molecule has 1 heterocycles. The monoisotopic (exact) mass is 271 g/mol. The van der Waals surface area contributed by atoms with Gasteiger partial charge in [0.1, 0.15) is 0 Å². The third kappa shape index (κ3) is 3.61. The van der Waals surface area contributed by atoms with Crippen LogP contribution in [0.3, 0.4) is 0 Å². The van der Waals surface area contributed by atoms with Gasteiger partial charge in [-0.1, -0.05) is 25.5 Å². The maximum Gasteiger partial charge on any atom is 0.0991 e. The van der Waals surface area contributed by atoms with Crippen LogP contribution in [0.15, 0.2) is 24.3 Å². The van der Waals surface area contributed by atoms with E-state index in [1.807, 2.05) is 12.1 Å². The van der Waals surface area contributed by atoms with Gasteiger partial charge in [0.15, 0.2) is 0 Å². The van der Waals surface area contributed by atoms with Crippen LogP contribution in [0.1, 0.15) is 63.5 Å². The third-order valence-electron chi connectivity index (χ3n) is 4.37. The number of benzene rings is 1. The molecule has 2 nitrogen and oxygen atoms in total. The number of ether oxygens (including phenoxy) is 1. The molecule has 0 radical (unpaired) electrons. The van der Waals surface area contributed by atoms with Gasteiger partial charge in [-0.15, -0.1) is 0 Å². The van der Waals surface area contributed by atoms with Gasteiger partial charge in [0.2, 0.25) is 0 Å². The fraction of sp³-hybridized carbons (Fsp3) is 0.611. The summed E-state index contributed by atoms with van der Waals surface area (Å²) < 4.78 is 5.85. The summed E-state index contributed by atoms with van der Waals surface area (Å²) in [5.74, 6) is 1.28. The van der Waals surface area contributed by atoms with E-state index in [1.54, 1.807) is 0 Å². The zero-order valence-corrected chi connectivity index (χ0v) is 12.9. The van der Waals surface area contributed by atoms with E-state index < -0.39 is 0 Å². The summed E-state index contributed by atoms with van der Waals surface area (Å²) in [6.07, 6.45) is 4.68. The molecule has 0 bridgehead atoms. The molecule has 108 valence electrons. The molecule has 1 aliphatic heterocycles. The van der Waals surface area contributed by atoms with Crippen LogP contribution in [0.4, 0.5) is 0 Å². The van der Waals surface area contributed by atoms with Crippen molar-refractivity contribution in [2.75, 3.05) is 6.61 Å². The van der Waals surface area contributed by atoms with Crippen molar-refractivity contribution in [1.82, 2.24) is 0 Å². The minimum Gasteiger partial charge on any atom is -0.376 e. The van der Waals surface area contributed by atoms with Crippen LogP contribution in [-0.4, -0.2) is 12.2 Å². The number of nitriles is 1. The largest absolute Gasteiger partial charge is 0.376 e. The first kappa shape index (κ1) is 15.1. The van der Waals surface area contributed by atoms with E-state index in [9.17, 15) is 0 Å². The average Bonchev–Trinajstić information content (AvgIpc) is 2.44. The Balaban J connectivity index is 2.19. The first-order valence-electron chi connectivity index (χ1n) is 7.70. The predicted molar refractivity (Wildman–Crippen MR) is 81.6 cm³/mol. The Morgan fingerprint density at radius 1 is 1.35 bits per heavy atom. The molecule has 0 N–H and O–H groups in total. The van der Waals surface area contributed by atoms with Crippen molar-refractivity contribution in [2.24, 2.45) is 5.92 Å².